The molecule has 1 fully saturated rings. The molecule has 0 aromatic heterocycles. The summed E-state index contributed by atoms with van der Waals surface area (Å²) in [5.41, 5.74) is 5.34. The lowest BCUT2D eigenvalue weighted by Crippen LogP contribution is -2.36. The number of carboxylic acid groups (broad SMARTS) is 1. The zero-order valence-electron chi connectivity index (χ0n) is 23.7. The molecule has 0 radical (unpaired) electrons. The monoisotopic (exact) mass is 526 g/mol. The number of aliphatic carboxylic acids is 1. The molecule has 4 heteroatoms. The number of rotatable bonds is 11. The second-order valence-electron chi connectivity index (χ2n) is 11.4. The summed E-state index contributed by atoms with van der Waals surface area (Å²) in [7, 11) is 0. The van der Waals surface area contributed by atoms with E-state index in [1.54, 1.807) is 0 Å². The summed E-state index contributed by atoms with van der Waals surface area (Å²) in [6, 6.07) is 27.2. The Kier molecular flexibility index (Phi) is 9.29. The molecule has 4 nitrogen and oxygen atoms in total. The molecule has 3 aromatic carbocycles. The first-order valence-electron chi connectivity index (χ1n) is 14.1. The van der Waals surface area contributed by atoms with E-state index in [1.165, 1.54) is 11.1 Å². The van der Waals surface area contributed by atoms with E-state index in [1.807, 2.05) is 18.2 Å². The van der Waals surface area contributed by atoms with Gasteiger partial charge in [-0.3, -0.25) is 0 Å². The SMILES string of the molecule is C=C(C)[C@H]1C[C@H](c2ccccc2)[C@H](CCCC)O[C@@H]1c1cc(C(C)(C)c2ccccc2)ccc1OCC(=O)O. The Morgan fingerprint density at radius 3 is 2.31 bits per heavy atom. The summed E-state index contributed by atoms with van der Waals surface area (Å²) in [5.74, 6) is -0.104. The van der Waals surface area contributed by atoms with Crippen molar-refractivity contribution in [2.24, 2.45) is 5.92 Å². The van der Waals surface area contributed by atoms with Crippen LogP contribution in [0.5, 0.6) is 5.75 Å². The minimum Gasteiger partial charge on any atom is -0.482 e. The average Bonchev–Trinajstić information content (AvgIpc) is 2.95. The molecule has 0 unspecified atom stereocenters. The van der Waals surface area contributed by atoms with Crippen molar-refractivity contribution in [1.82, 2.24) is 0 Å². The van der Waals surface area contributed by atoms with Gasteiger partial charge in [0, 0.05) is 22.8 Å². The molecule has 1 aliphatic heterocycles. The summed E-state index contributed by atoms with van der Waals surface area (Å²) in [5, 5.41) is 9.38. The van der Waals surface area contributed by atoms with E-state index in [0.717, 1.165) is 42.4 Å². The van der Waals surface area contributed by atoms with Gasteiger partial charge in [-0.2, -0.15) is 0 Å². The molecule has 206 valence electrons. The van der Waals surface area contributed by atoms with Crippen LogP contribution in [0.1, 0.15) is 87.7 Å². The van der Waals surface area contributed by atoms with Crippen LogP contribution in [-0.4, -0.2) is 23.8 Å². The maximum atomic E-state index is 11.4. The third-order valence-corrected chi connectivity index (χ3v) is 8.23. The largest absolute Gasteiger partial charge is 0.482 e. The van der Waals surface area contributed by atoms with Crippen LogP contribution in [0.25, 0.3) is 0 Å². The van der Waals surface area contributed by atoms with Gasteiger partial charge in [-0.1, -0.05) is 112 Å². The van der Waals surface area contributed by atoms with E-state index in [-0.39, 0.29) is 29.5 Å². The van der Waals surface area contributed by atoms with Gasteiger partial charge in [0.15, 0.2) is 6.61 Å². The zero-order valence-corrected chi connectivity index (χ0v) is 23.7. The Labute approximate surface area is 233 Å². The molecular weight excluding hydrogens is 484 g/mol. The van der Waals surface area contributed by atoms with Crippen molar-refractivity contribution in [2.75, 3.05) is 6.61 Å². The number of hydrogen-bond donors (Lipinski definition) is 1. The molecule has 39 heavy (non-hydrogen) atoms. The van der Waals surface area contributed by atoms with Crippen LogP contribution in [0.4, 0.5) is 0 Å². The lowest BCUT2D eigenvalue weighted by molar-refractivity contribution is -0.139. The van der Waals surface area contributed by atoms with Gasteiger partial charge in [-0.05, 0) is 48.6 Å². The summed E-state index contributed by atoms with van der Waals surface area (Å²) in [6.45, 7) is 12.7. The quantitative estimate of drug-likeness (QED) is 0.255. The van der Waals surface area contributed by atoms with E-state index >= 15 is 0 Å². The summed E-state index contributed by atoms with van der Waals surface area (Å²) in [6.07, 6.45) is 3.84. The first-order valence-corrected chi connectivity index (χ1v) is 14.1. The number of carboxylic acids is 1. The van der Waals surface area contributed by atoms with E-state index in [9.17, 15) is 9.90 Å². The zero-order chi connectivity index (χ0) is 28.0. The molecule has 0 aliphatic carbocycles. The summed E-state index contributed by atoms with van der Waals surface area (Å²) >= 11 is 0. The Hall–Kier alpha value is -3.37. The minimum absolute atomic E-state index is 0.0473. The van der Waals surface area contributed by atoms with Crippen molar-refractivity contribution < 1.29 is 19.4 Å². The fourth-order valence-corrected chi connectivity index (χ4v) is 5.85. The number of carbonyl (C=O) groups is 1. The number of unbranched alkanes of at least 4 members (excludes halogenated alkanes) is 1. The maximum absolute atomic E-state index is 11.4. The van der Waals surface area contributed by atoms with E-state index in [4.69, 9.17) is 9.47 Å². The Morgan fingerprint density at radius 1 is 1.03 bits per heavy atom. The highest BCUT2D eigenvalue weighted by Crippen LogP contribution is 2.50. The van der Waals surface area contributed by atoms with E-state index in [2.05, 4.69) is 94.9 Å². The number of hydrogen-bond acceptors (Lipinski definition) is 3. The van der Waals surface area contributed by atoms with Gasteiger partial charge < -0.3 is 14.6 Å². The van der Waals surface area contributed by atoms with Crippen LogP contribution in [0.3, 0.4) is 0 Å². The van der Waals surface area contributed by atoms with Crippen molar-refractivity contribution >= 4 is 5.97 Å². The lowest BCUT2D eigenvalue weighted by Gasteiger charge is -2.43. The maximum Gasteiger partial charge on any atom is 0.341 e. The second-order valence-corrected chi connectivity index (χ2v) is 11.4. The molecule has 1 saturated heterocycles. The van der Waals surface area contributed by atoms with Crippen molar-refractivity contribution in [3.8, 4) is 5.75 Å². The standard InChI is InChI=1S/C35H42O4/c1-6-7-18-32-29(25-14-10-8-11-15-25)22-28(24(2)3)34(39-32)30-21-27(19-20-31(30)38-23-33(36)37)35(4,5)26-16-12-9-13-17-26/h8-17,19-21,28-29,32,34H,2,6-7,18,22-23H2,1,3-5H3,(H,36,37)/t28-,29-,32+,34+/m1/s1. The van der Waals surface area contributed by atoms with Crippen LogP contribution in [0, 0.1) is 5.92 Å². The Morgan fingerprint density at radius 2 is 1.69 bits per heavy atom. The Balaban J connectivity index is 1.80. The van der Waals surface area contributed by atoms with Crippen LogP contribution in [0.2, 0.25) is 0 Å². The van der Waals surface area contributed by atoms with Crippen LogP contribution in [0.15, 0.2) is 91.0 Å². The molecule has 4 rings (SSSR count). The van der Waals surface area contributed by atoms with Crippen molar-refractivity contribution in [2.45, 2.75) is 76.9 Å². The van der Waals surface area contributed by atoms with Gasteiger partial charge in [0.25, 0.3) is 0 Å². The van der Waals surface area contributed by atoms with E-state index < -0.39 is 12.6 Å². The molecular formula is C35H42O4. The number of ether oxygens (including phenoxy) is 2. The Bertz CT molecular complexity index is 1250. The van der Waals surface area contributed by atoms with E-state index in [0.29, 0.717) is 5.75 Å². The number of benzene rings is 3. The van der Waals surface area contributed by atoms with Crippen LogP contribution >= 0.6 is 0 Å². The highest BCUT2D eigenvalue weighted by Gasteiger charge is 2.41. The van der Waals surface area contributed by atoms with Gasteiger partial charge in [-0.15, -0.1) is 0 Å². The van der Waals surface area contributed by atoms with Crippen molar-refractivity contribution in [3.63, 3.8) is 0 Å². The second kappa shape index (κ2) is 12.7. The molecule has 0 bridgehead atoms. The third kappa shape index (κ3) is 6.62. The fraction of sp³-hybridized carbons (Fsp3) is 0.400. The van der Waals surface area contributed by atoms with Gasteiger partial charge in [0.05, 0.1) is 12.2 Å². The highest BCUT2D eigenvalue weighted by molar-refractivity contribution is 5.68. The predicted molar refractivity (Wildman–Crippen MR) is 157 cm³/mol. The lowest BCUT2D eigenvalue weighted by atomic mass is 9.73. The molecule has 0 saturated carbocycles. The normalized spacial score (nSPS) is 21.3. The third-order valence-electron chi connectivity index (χ3n) is 8.23. The first-order chi connectivity index (χ1) is 18.7. The van der Waals surface area contributed by atoms with Gasteiger partial charge in [0.1, 0.15) is 5.75 Å². The summed E-state index contributed by atoms with van der Waals surface area (Å²) < 4.78 is 12.9. The van der Waals surface area contributed by atoms with Gasteiger partial charge >= 0.3 is 5.97 Å². The molecule has 4 atom stereocenters. The molecule has 0 amide bonds. The fourth-order valence-electron chi connectivity index (χ4n) is 5.85. The van der Waals surface area contributed by atoms with Crippen LogP contribution in [-0.2, 0) is 14.9 Å². The molecule has 1 N–H and O–H groups in total. The summed E-state index contributed by atoms with van der Waals surface area (Å²) in [4.78, 5) is 11.4. The van der Waals surface area contributed by atoms with Gasteiger partial charge in [0.2, 0.25) is 0 Å². The van der Waals surface area contributed by atoms with Gasteiger partial charge in [-0.25, -0.2) is 4.79 Å². The topological polar surface area (TPSA) is 55.8 Å². The molecule has 0 spiro atoms. The average molecular weight is 527 g/mol. The molecule has 3 aromatic rings. The van der Waals surface area contributed by atoms with Crippen molar-refractivity contribution in [1.29, 1.82) is 0 Å². The minimum atomic E-state index is -0.999. The molecule has 1 aliphatic rings. The van der Waals surface area contributed by atoms with Crippen LogP contribution < -0.4 is 4.74 Å². The highest BCUT2D eigenvalue weighted by atomic mass is 16.5. The predicted octanol–water partition coefficient (Wildman–Crippen LogP) is 8.47. The smallest absolute Gasteiger partial charge is 0.341 e. The first kappa shape index (κ1) is 28.6. The molecule has 1 heterocycles. The van der Waals surface area contributed by atoms with Crippen molar-refractivity contribution in [3.05, 3.63) is 113 Å².